The second-order valence-electron chi connectivity index (χ2n) is 22.2. The van der Waals surface area contributed by atoms with Gasteiger partial charge in [0.2, 0.25) is 23.7 Å². The summed E-state index contributed by atoms with van der Waals surface area (Å²) in [6.07, 6.45) is 2.65. The van der Waals surface area contributed by atoms with Crippen molar-refractivity contribution in [3.63, 3.8) is 0 Å². The van der Waals surface area contributed by atoms with Crippen LogP contribution in [0.1, 0.15) is 129 Å². The van der Waals surface area contributed by atoms with Crippen molar-refractivity contribution in [3.8, 4) is 11.4 Å². The number of fused-ring (bicyclic) bond motifs is 6. The van der Waals surface area contributed by atoms with Crippen LogP contribution < -0.4 is 54.2 Å². The highest BCUT2D eigenvalue weighted by Gasteiger charge is 2.46. The molecule has 0 spiro atoms. The monoisotopic (exact) mass is 1290 g/mol. The van der Waals surface area contributed by atoms with E-state index in [-0.39, 0.29) is 151 Å². The number of ether oxygens (including phenoxy) is 3. The number of cyclic esters (lactones) is 1. The van der Waals surface area contributed by atoms with Gasteiger partial charge in [-0.15, -0.1) is 0 Å². The standard InChI is InChI=1S/C62H75F2N15O14/c1-3-61(90)43-31-46-51-41(34-79(46)56(85)42(43)35-93-58(61)88)50(40-12-4-5-13-44(40)73-51)62(63,64)22-6-11-36(2)77-78-60(89)69-26-10-30-92-29-9-25-68-49(82)21-20-48(81)67-24-8-28-91-27-7-23-66-47(80)19-18-45(57(86)87)74-54(83)37-14-16-38(17-15-37)70-32-39-33-71-53-52(72-39)55(84)76-59(65)75-53/h4-5,12-17,31,33,45,70,90H,3,6-11,18-30,32,34-35H2,1-2H3,(H,66,80)(H,67,81)(H,68,82)(H,74,83)(H,86,87)(H2,69,78,89)(H3,65,71,75,76,84)/b77-36-. The summed E-state index contributed by atoms with van der Waals surface area (Å²) in [4.78, 5) is 132. The third-order valence-corrected chi connectivity index (χ3v) is 15.4. The van der Waals surface area contributed by atoms with Gasteiger partial charge in [-0.2, -0.15) is 10.1 Å². The number of para-hydroxylation sites is 1. The molecule has 496 valence electrons. The number of carbonyl (C=O) groups excluding carboxylic acids is 6. The molecule has 2 unspecified atom stereocenters. The fraction of sp³-hybridized carbons (Fsp3) is 0.452. The molecule has 2 aromatic carbocycles. The fourth-order valence-electron chi connectivity index (χ4n) is 10.4. The number of rotatable bonds is 35. The van der Waals surface area contributed by atoms with Crippen molar-refractivity contribution in [3.05, 3.63) is 115 Å². The summed E-state index contributed by atoms with van der Waals surface area (Å²) in [7, 11) is 0. The number of carboxylic acid groups (broad SMARTS) is 1. The first-order valence-electron chi connectivity index (χ1n) is 30.5. The average Bonchev–Trinajstić information content (AvgIpc) is 1.61. The molecule has 0 aliphatic carbocycles. The van der Waals surface area contributed by atoms with Crippen molar-refractivity contribution >= 4 is 81.0 Å². The smallest absolute Gasteiger partial charge is 0.343 e. The molecule has 2 atom stereocenters. The van der Waals surface area contributed by atoms with Gasteiger partial charge in [0.15, 0.2) is 16.8 Å². The van der Waals surface area contributed by atoms with Crippen LogP contribution in [-0.4, -0.2) is 146 Å². The molecule has 0 bridgehead atoms. The largest absolute Gasteiger partial charge is 0.480 e. The number of benzene rings is 2. The second-order valence-corrected chi connectivity index (χ2v) is 22.2. The fourth-order valence-corrected chi connectivity index (χ4v) is 10.4. The number of nitrogens with one attached hydrogen (secondary N) is 8. The molecule has 31 heteroatoms. The molecule has 6 amide bonds. The van der Waals surface area contributed by atoms with Crippen LogP contribution in [0.15, 0.2) is 75.5 Å². The number of carbonyl (C=O) groups is 7. The molecule has 12 N–H and O–H groups in total. The number of H-pyrrole nitrogens is 1. The summed E-state index contributed by atoms with van der Waals surface area (Å²) in [6, 6.07) is 12.3. The molecule has 6 heterocycles. The van der Waals surface area contributed by atoms with Crippen LogP contribution in [0.25, 0.3) is 33.5 Å². The zero-order valence-electron chi connectivity index (χ0n) is 51.4. The first-order valence-corrected chi connectivity index (χ1v) is 30.5. The lowest BCUT2D eigenvalue weighted by Gasteiger charge is -2.31. The SMILES string of the molecule is CCC1(O)C(=O)OCc2c1cc1n(c2=O)Cc2c-1nc1ccccc1c2C(F)(F)CCC/C(C)=N\NC(=O)NCCCOCCCNC(=O)CCC(=O)NCCCOCCCNC(=O)CCC(NC(=O)c1ccc(NCc2cnc3nc(N)[nH]c(=O)c3n2)cc1)C(=O)O. The van der Waals surface area contributed by atoms with Crippen molar-refractivity contribution in [1.29, 1.82) is 0 Å². The molecule has 0 saturated carbocycles. The predicted molar refractivity (Wildman–Crippen MR) is 335 cm³/mol. The van der Waals surface area contributed by atoms with E-state index in [1.54, 1.807) is 50.2 Å². The van der Waals surface area contributed by atoms with Crippen molar-refractivity contribution in [2.24, 2.45) is 5.10 Å². The van der Waals surface area contributed by atoms with Gasteiger partial charge in [-0.05, 0) is 94.7 Å². The summed E-state index contributed by atoms with van der Waals surface area (Å²) >= 11 is 0. The molecule has 0 radical (unpaired) electrons. The van der Waals surface area contributed by atoms with Gasteiger partial charge in [0.05, 0.1) is 47.4 Å². The zero-order valence-corrected chi connectivity index (χ0v) is 51.4. The Hall–Kier alpha value is -9.88. The maximum absolute atomic E-state index is 16.5. The lowest BCUT2D eigenvalue weighted by Crippen LogP contribution is -2.44. The van der Waals surface area contributed by atoms with Crippen molar-refractivity contribution < 1.29 is 66.8 Å². The Labute approximate surface area is 530 Å². The normalized spacial score (nSPS) is 14.5. The summed E-state index contributed by atoms with van der Waals surface area (Å²) < 4.78 is 50.7. The highest BCUT2D eigenvalue weighted by Crippen LogP contribution is 2.46. The minimum atomic E-state index is -3.38. The molecule has 8 rings (SSSR count). The number of nitrogen functional groups attached to an aromatic ring is 1. The summed E-state index contributed by atoms with van der Waals surface area (Å²) in [5.74, 6) is -7.24. The lowest BCUT2D eigenvalue weighted by molar-refractivity contribution is -0.172. The van der Waals surface area contributed by atoms with Crippen molar-refractivity contribution in [2.45, 2.75) is 128 Å². The zero-order chi connectivity index (χ0) is 66.7. The van der Waals surface area contributed by atoms with Crippen LogP contribution in [0.4, 0.5) is 25.2 Å². The number of anilines is 2. The van der Waals surface area contributed by atoms with E-state index in [0.29, 0.717) is 87.8 Å². The topological polar surface area (TPSA) is 417 Å². The van der Waals surface area contributed by atoms with Crippen LogP contribution in [0.5, 0.6) is 0 Å². The highest BCUT2D eigenvalue weighted by molar-refractivity contribution is 5.97. The Balaban J connectivity index is 0.600. The summed E-state index contributed by atoms with van der Waals surface area (Å²) in [5.41, 5.74) is 7.38. The number of nitrogens with two attached hydrogens (primary N) is 1. The number of hydrogen-bond donors (Lipinski definition) is 11. The number of esters is 1. The number of hydrazone groups is 1. The molecule has 6 aromatic rings. The number of halogens is 2. The summed E-state index contributed by atoms with van der Waals surface area (Å²) in [6.45, 7) is 5.40. The Kier molecular flexibility index (Phi) is 24.1. The Morgan fingerprint density at radius 1 is 0.828 bits per heavy atom. The van der Waals surface area contributed by atoms with Crippen LogP contribution in [-0.2, 0) is 69.4 Å². The van der Waals surface area contributed by atoms with E-state index in [1.807, 2.05) is 0 Å². The van der Waals surface area contributed by atoms with Gasteiger partial charge in [-0.25, -0.2) is 43.5 Å². The number of aliphatic carboxylic acids is 1. The van der Waals surface area contributed by atoms with E-state index in [2.05, 4.69) is 62.4 Å². The molecule has 4 aromatic heterocycles. The van der Waals surface area contributed by atoms with Crippen molar-refractivity contribution in [2.75, 3.05) is 63.7 Å². The van der Waals surface area contributed by atoms with Gasteiger partial charge in [0, 0.05) is 117 Å². The number of alkyl halides is 2. The van der Waals surface area contributed by atoms with Crippen LogP contribution in [0.2, 0.25) is 0 Å². The maximum Gasteiger partial charge on any atom is 0.343 e. The first kappa shape index (κ1) is 69.0. The van der Waals surface area contributed by atoms with Gasteiger partial charge in [0.1, 0.15) is 12.6 Å². The van der Waals surface area contributed by atoms with Crippen molar-refractivity contribution in [1.82, 2.24) is 61.5 Å². The van der Waals surface area contributed by atoms with E-state index >= 15 is 8.78 Å². The molecule has 0 fully saturated rings. The van der Waals surface area contributed by atoms with Crippen LogP contribution in [0.3, 0.4) is 0 Å². The third-order valence-electron chi connectivity index (χ3n) is 15.4. The van der Waals surface area contributed by atoms with Crippen LogP contribution in [0, 0.1) is 0 Å². The number of aromatic amines is 1. The van der Waals surface area contributed by atoms with E-state index in [4.69, 9.17) is 24.9 Å². The Bertz CT molecular complexity index is 3880. The quantitative estimate of drug-likeness (QED) is 0.0117. The number of urea groups is 1. The number of amides is 6. The van der Waals surface area contributed by atoms with Gasteiger partial charge in [-0.3, -0.25) is 33.8 Å². The Morgan fingerprint density at radius 2 is 1.46 bits per heavy atom. The molecular formula is C62H75F2N15O14. The van der Waals surface area contributed by atoms with E-state index in [0.717, 1.165) is 0 Å². The minimum Gasteiger partial charge on any atom is -0.480 e. The van der Waals surface area contributed by atoms with E-state index in [1.165, 1.54) is 29.0 Å². The average molecular weight is 1290 g/mol. The van der Waals surface area contributed by atoms with E-state index in [9.17, 15) is 53.4 Å². The van der Waals surface area contributed by atoms with Gasteiger partial charge >= 0.3 is 18.0 Å². The number of carboxylic acids is 1. The summed E-state index contributed by atoms with van der Waals surface area (Å²) in [5, 5.41) is 41.6. The third kappa shape index (κ3) is 18.4. The Morgan fingerprint density at radius 3 is 2.11 bits per heavy atom. The molecule has 93 heavy (non-hydrogen) atoms. The molecular weight excluding hydrogens is 1220 g/mol. The number of aliphatic hydroxyl groups is 1. The number of nitrogens with zero attached hydrogens (tertiary/aromatic N) is 6. The first-order chi connectivity index (χ1) is 44.6. The predicted octanol–water partition coefficient (Wildman–Crippen LogP) is 3.62. The minimum absolute atomic E-state index is 0.000593. The second kappa shape index (κ2) is 32.4. The number of hydrogen-bond acceptors (Lipinski definition) is 20. The molecule has 2 aliphatic heterocycles. The lowest BCUT2D eigenvalue weighted by atomic mass is 9.86. The maximum atomic E-state index is 16.5. The van der Waals surface area contributed by atoms with E-state index < -0.39 is 64.9 Å². The van der Waals surface area contributed by atoms with Gasteiger partial charge < -0.3 is 66.6 Å². The highest BCUT2D eigenvalue weighted by atomic mass is 19.3. The van der Waals surface area contributed by atoms with Gasteiger partial charge in [0.25, 0.3) is 22.9 Å². The number of aromatic nitrogens is 6. The molecule has 0 saturated heterocycles. The molecule has 2 aliphatic rings. The van der Waals surface area contributed by atoms with Gasteiger partial charge in [-0.1, -0.05) is 25.1 Å². The number of pyridine rings is 2. The molecule has 29 nitrogen and oxygen atoms in total. The van der Waals surface area contributed by atoms with Crippen LogP contribution >= 0.6 is 0 Å².